The molecule has 0 fully saturated rings. The summed E-state index contributed by atoms with van der Waals surface area (Å²) >= 11 is 1.41. The summed E-state index contributed by atoms with van der Waals surface area (Å²) in [6.45, 7) is 0. The van der Waals surface area contributed by atoms with Gasteiger partial charge < -0.3 is 15.2 Å². The molecule has 7 heteroatoms. The van der Waals surface area contributed by atoms with Gasteiger partial charge in [0.05, 0.1) is 24.8 Å². The van der Waals surface area contributed by atoms with Gasteiger partial charge in [-0.2, -0.15) is 0 Å². The number of aromatic nitrogens is 1. The second kappa shape index (κ2) is 9.14. The predicted octanol–water partition coefficient (Wildman–Crippen LogP) is 3.17. The van der Waals surface area contributed by atoms with Gasteiger partial charge in [0.1, 0.15) is 16.8 Å². The summed E-state index contributed by atoms with van der Waals surface area (Å²) in [7, 11) is 1.60. The summed E-state index contributed by atoms with van der Waals surface area (Å²) in [5.74, 6) is -0.730. The number of carboxylic acids is 1. The quantitative estimate of drug-likeness (QED) is 0.611. The Morgan fingerprint density at radius 1 is 1.14 bits per heavy atom. The molecule has 28 heavy (non-hydrogen) atoms. The fraction of sp³-hybridized carbons (Fsp3) is 0.190. The number of methoxy groups -OCH3 is 1. The number of para-hydroxylation sites is 1. The molecule has 3 rings (SSSR count). The highest BCUT2D eigenvalue weighted by Gasteiger charge is 2.21. The number of hydrogen-bond donors (Lipinski definition) is 2. The van der Waals surface area contributed by atoms with E-state index < -0.39 is 12.0 Å². The number of carboxylic acid groups (broad SMARTS) is 1. The van der Waals surface area contributed by atoms with Gasteiger partial charge in [0, 0.05) is 11.8 Å². The van der Waals surface area contributed by atoms with E-state index in [1.54, 1.807) is 12.5 Å². The number of hydrogen-bond acceptors (Lipinski definition) is 5. The zero-order chi connectivity index (χ0) is 19.9. The lowest BCUT2D eigenvalue weighted by Gasteiger charge is -2.14. The number of thiazole rings is 1. The minimum Gasteiger partial charge on any atom is -0.496 e. The van der Waals surface area contributed by atoms with E-state index in [0.717, 1.165) is 16.1 Å². The maximum absolute atomic E-state index is 12.4. The minimum absolute atomic E-state index is 0.0181. The number of rotatable bonds is 8. The summed E-state index contributed by atoms with van der Waals surface area (Å²) in [4.78, 5) is 28.4. The van der Waals surface area contributed by atoms with Gasteiger partial charge in [0.25, 0.3) is 0 Å². The van der Waals surface area contributed by atoms with E-state index in [4.69, 9.17) is 4.74 Å². The zero-order valence-corrected chi connectivity index (χ0v) is 16.1. The molecule has 0 saturated carbocycles. The summed E-state index contributed by atoms with van der Waals surface area (Å²) < 4.78 is 5.35. The van der Waals surface area contributed by atoms with Crippen LogP contribution in [0.2, 0.25) is 0 Å². The molecular formula is C21H20N2O4S. The standard InChI is InChI=1S/C21H20N2O4S/c1-27-18-10-6-5-9-16(18)20-22-15(13-28-20)12-19(24)23-17(21(25)26)11-14-7-3-2-4-8-14/h2-10,13,17H,11-12H2,1H3,(H,23,24)(H,25,26)/t17-/m0/s1. The van der Waals surface area contributed by atoms with Crippen LogP contribution in [0, 0.1) is 0 Å². The Hall–Kier alpha value is -3.19. The molecule has 0 aliphatic heterocycles. The Bertz CT molecular complexity index is 956. The van der Waals surface area contributed by atoms with Crippen LogP contribution < -0.4 is 10.1 Å². The van der Waals surface area contributed by atoms with Gasteiger partial charge in [-0.15, -0.1) is 11.3 Å². The lowest BCUT2D eigenvalue weighted by atomic mass is 10.1. The number of carbonyl (C=O) groups excluding carboxylic acids is 1. The number of nitrogens with one attached hydrogen (secondary N) is 1. The Labute approximate surface area is 166 Å². The molecule has 0 aliphatic rings. The average molecular weight is 396 g/mol. The van der Waals surface area contributed by atoms with E-state index in [9.17, 15) is 14.7 Å². The van der Waals surface area contributed by atoms with Gasteiger partial charge in [-0.1, -0.05) is 42.5 Å². The molecule has 1 heterocycles. The summed E-state index contributed by atoms with van der Waals surface area (Å²) in [6.07, 6.45) is 0.246. The molecule has 0 spiro atoms. The summed E-state index contributed by atoms with van der Waals surface area (Å²) in [6, 6.07) is 15.8. The second-order valence-corrected chi connectivity index (χ2v) is 7.03. The van der Waals surface area contributed by atoms with Gasteiger partial charge in [0.15, 0.2) is 0 Å². The fourth-order valence-corrected chi connectivity index (χ4v) is 3.64. The zero-order valence-electron chi connectivity index (χ0n) is 15.3. The molecule has 2 N–H and O–H groups in total. The lowest BCUT2D eigenvalue weighted by Crippen LogP contribution is -2.43. The topological polar surface area (TPSA) is 88.5 Å². The highest BCUT2D eigenvalue weighted by molar-refractivity contribution is 7.13. The second-order valence-electron chi connectivity index (χ2n) is 6.17. The minimum atomic E-state index is -1.06. The van der Waals surface area contributed by atoms with E-state index in [1.807, 2.05) is 54.6 Å². The van der Waals surface area contributed by atoms with Crippen LogP contribution in [0.5, 0.6) is 5.75 Å². The molecular weight excluding hydrogens is 376 g/mol. The molecule has 1 atom stereocenters. The van der Waals surface area contributed by atoms with Crippen molar-refractivity contribution in [3.05, 3.63) is 71.2 Å². The molecule has 144 valence electrons. The van der Waals surface area contributed by atoms with Crippen LogP contribution in [0.15, 0.2) is 60.0 Å². The van der Waals surface area contributed by atoms with Crippen LogP contribution >= 0.6 is 11.3 Å². The van der Waals surface area contributed by atoms with Crippen molar-refractivity contribution < 1.29 is 19.4 Å². The first kappa shape index (κ1) is 19.6. The van der Waals surface area contributed by atoms with Crippen LogP contribution in [-0.2, 0) is 22.4 Å². The molecule has 6 nitrogen and oxygen atoms in total. The first-order valence-corrected chi connectivity index (χ1v) is 9.58. The number of amides is 1. The number of benzene rings is 2. The monoisotopic (exact) mass is 396 g/mol. The molecule has 0 aliphatic carbocycles. The number of ether oxygens (including phenoxy) is 1. The molecule has 1 amide bonds. The Morgan fingerprint density at radius 3 is 2.57 bits per heavy atom. The van der Waals surface area contributed by atoms with Crippen LogP contribution in [0.4, 0.5) is 0 Å². The average Bonchev–Trinajstić information content (AvgIpc) is 3.16. The molecule has 0 radical (unpaired) electrons. The maximum Gasteiger partial charge on any atom is 0.326 e. The van der Waals surface area contributed by atoms with E-state index in [2.05, 4.69) is 10.3 Å². The Kier molecular flexibility index (Phi) is 6.39. The third-order valence-electron chi connectivity index (χ3n) is 4.15. The lowest BCUT2D eigenvalue weighted by molar-refractivity contribution is -0.141. The molecule has 2 aromatic carbocycles. The highest BCUT2D eigenvalue weighted by atomic mass is 32.1. The number of nitrogens with zero attached hydrogens (tertiary/aromatic N) is 1. The van der Waals surface area contributed by atoms with Crippen LogP contribution in [0.25, 0.3) is 10.6 Å². The molecule has 1 aromatic heterocycles. The van der Waals surface area contributed by atoms with Crippen molar-refractivity contribution in [2.24, 2.45) is 0 Å². The summed E-state index contributed by atoms with van der Waals surface area (Å²) in [5.41, 5.74) is 2.30. The van der Waals surface area contributed by atoms with Gasteiger partial charge in [-0.25, -0.2) is 9.78 Å². The van der Waals surface area contributed by atoms with Crippen molar-refractivity contribution in [1.29, 1.82) is 0 Å². The fourth-order valence-electron chi connectivity index (χ4n) is 2.79. The van der Waals surface area contributed by atoms with E-state index in [1.165, 1.54) is 11.3 Å². The van der Waals surface area contributed by atoms with Gasteiger partial charge in [-0.3, -0.25) is 4.79 Å². The Morgan fingerprint density at radius 2 is 1.86 bits per heavy atom. The van der Waals surface area contributed by atoms with Crippen molar-refractivity contribution in [2.75, 3.05) is 7.11 Å². The van der Waals surface area contributed by atoms with Crippen molar-refractivity contribution in [1.82, 2.24) is 10.3 Å². The van der Waals surface area contributed by atoms with Gasteiger partial charge >= 0.3 is 5.97 Å². The van der Waals surface area contributed by atoms with Crippen molar-refractivity contribution in [3.8, 4) is 16.3 Å². The molecule has 0 saturated heterocycles. The first-order chi connectivity index (χ1) is 13.6. The highest BCUT2D eigenvalue weighted by Crippen LogP contribution is 2.31. The van der Waals surface area contributed by atoms with Gasteiger partial charge in [-0.05, 0) is 17.7 Å². The van der Waals surface area contributed by atoms with E-state index in [-0.39, 0.29) is 18.7 Å². The predicted molar refractivity (Wildman–Crippen MR) is 108 cm³/mol. The van der Waals surface area contributed by atoms with Crippen molar-refractivity contribution in [2.45, 2.75) is 18.9 Å². The van der Waals surface area contributed by atoms with Crippen molar-refractivity contribution >= 4 is 23.2 Å². The third kappa shape index (κ3) is 4.95. The van der Waals surface area contributed by atoms with Crippen LogP contribution in [-0.4, -0.2) is 35.1 Å². The van der Waals surface area contributed by atoms with E-state index >= 15 is 0 Å². The molecule has 0 unspecified atom stereocenters. The largest absolute Gasteiger partial charge is 0.496 e. The third-order valence-corrected chi connectivity index (χ3v) is 5.07. The number of aliphatic carboxylic acids is 1. The number of carbonyl (C=O) groups is 2. The SMILES string of the molecule is COc1ccccc1-c1nc(CC(=O)N[C@@H](Cc2ccccc2)C(=O)O)cs1. The normalized spacial score (nSPS) is 11.6. The maximum atomic E-state index is 12.4. The summed E-state index contributed by atoms with van der Waals surface area (Å²) in [5, 5.41) is 14.6. The van der Waals surface area contributed by atoms with Crippen LogP contribution in [0.1, 0.15) is 11.3 Å². The van der Waals surface area contributed by atoms with E-state index in [0.29, 0.717) is 11.4 Å². The smallest absolute Gasteiger partial charge is 0.326 e. The van der Waals surface area contributed by atoms with Crippen LogP contribution in [0.3, 0.4) is 0 Å². The van der Waals surface area contributed by atoms with Crippen molar-refractivity contribution in [3.63, 3.8) is 0 Å². The first-order valence-electron chi connectivity index (χ1n) is 8.70. The Balaban J connectivity index is 1.66. The van der Waals surface area contributed by atoms with Gasteiger partial charge in [0.2, 0.25) is 5.91 Å². The molecule has 0 bridgehead atoms. The molecule has 3 aromatic rings.